The summed E-state index contributed by atoms with van der Waals surface area (Å²) < 4.78 is 4.96. The van der Waals surface area contributed by atoms with Gasteiger partial charge in [-0.1, -0.05) is 12.1 Å². The highest BCUT2D eigenvalue weighted by atomic mass is 16.6. The number of primary amides is 1. The van der Waals surface area contributed by atoms with Crippen LogP contribution in [-0.4, -0.2) is 42.4 Å². The van der Waals surface area contributed by atoms with Crippen molar-refractivity contribution in [3.05, 3.63) is 63.7 Å². The summed E-state index contributed by atoms with van der Waals surface area (Å²) in [5, 5.41) is 13.9. The van der Waals surface area contributed by atoms with E-state index in [9.17, 15) is 24.5 Å². The van der Waals surface area contributed by atoms with Crippen LogP contribution in [0.1, 0.15) is 33.6 Å². The summed E-state index contributed by atoms with van der Waals surface area (Å²) in [6.07, 6.45) is 1.91. The minimum Gasteiger partial charge on any atom is -0.452 e. The average molecular weight is 412 g/mol. The molecule has 0 aliphatic carbocycles. The Morgan fingerprint density at radius 2 is 1.83 bits per heavy atom. The molecule has 2 aromatic rings. The Hall–Kier alpha value is -3.95. The van der Waals surface area contributed by atoms with Crippen LogP contribution in [0.4, 0.5) is 17.1 Å². The van der Waals surface area contributed by atoms with E-state index in [0.717, 1.165) is 32.0 Å². The molecule has 0 spiro atoms. The minimum atomic E-state index is -0.871. The van der Waals surface area contributed by atoms with Gasteiger partial charge < -0.3 is 20.7 Å². The topological polar surface area (TPSA) is 145 Å². The molecule has 1 heterocycles. The Morgan fingerprint density at radius 1 is 1.13 bits per heavy atom. The number of benzene rings is 2. The number of para-hydroxylation sites is 1. The molecule has 1 aliphatic rings. The second-order valence-corrected chi connectivity index (χ2v) is 6.69. The van der Waals surface area contributed by atoms with Crippen molar-refractivity contribution in [3.8, 4) is 0 Å². The molecule has 10 nitrogen and oxygen atoms in total. The summed E-state index contributed by atoms with van der Waals surface area (Å²) in [5.41, 5.74) is 5.79. The molecular formula is C20H20N4O6. The molecule has 0 radical (unpaired) electrons. The van der Waals surface area contributed by atoms with E-state index in [2.05, 4.69) is 5.32 Å². The normalized spacial score (nSPS) is 13.0. The molecule has 0 atom stereocenters. The van der Waals surface area contributed by atoms with E-state index in [1.54, 1.807) is 12.1 Å². The Morgan fingerprint density at radius 3 is 2.50 bits per heavy atom. The van der Waals surface area contributed by atoms with Gasteiger partial charge in [-0.15, -0.1) is 0 Å². The Balaban J connectivity index is 1.66. The lowest BCUT2D eigenvalue weighted by molar-refractivity contribution is -0.384. The molecule has 2 aromatic carbocycles. The summed E-state index contributed by atoms with van der Waals surface area (Å²) in [5.74, 6) is -2.27. The van der Waals surface area contributed by atoms with Gasteiger partial charge in [-0.3, -0.25) is 19.7 Å². The zero-order valence-corrected chi connectivity index (χ0v) is 16.0. The number of nitro benzene ring substituents is 1. The van der Waals surface area contributed by atoms with Gasteiger partial charge in [-0.2, -0.15) is 0 Å². The van der Waals surface area contributed by atoms with Crippen LogP contribution in [0.15, 0.2) is 42.5 Å². The summed E-state index contributed by atoms with van der Waals surface area (Å²) in [6.45, 7) is 0.808. The first-order valence-electron chi connectivity index (χ1n) is 9.26. The third-order valence-corrected chi connectivity index (χ3v) is 4.66. The number of amides is 2. The molecule has 156 valence electrons. The van der Waals surface area contributed by atoms with Gasteiger partial charge in [0.2, 0.25) is 0 Å². The number of esters is 1. The summed E-state index contributed by atoms with van der Waals surface area (Å²) >= 11 is 0. The van der Waals surface area contributed by atoms with Crippen molar-refractivity contribution < 1.29 is 24.0 Å². The lowest BCUT2D eigenvalue weighted by atomic mass is 10.1. The minimum absolute atomic E-state index is 0.0324. The fourth-order valence-electron chi connectivity index (χ4n) is 3.23. The number of nitrogens with one attached hydrogen (secondary N) is 1. The molecule has 3 rings (SSSR count). The number of carbonyl (C=O) groups excluding carboxylic acids is 3. The smallest absolute Gasteiger partial charge is 0.338 e. The first kappa shape index (κ1) is 20.8. The van der Waals surface area contributed by atoms with E-state index >= 15 is 0 Å². The van der Waals surface area contributed by atoms with E-state index in [1.807, 2.05) is 4.90 Å². The van der Waals surface area contributed by atoms with Crippen molar-refractivity contribution in [2.45, 2.75) is 12.8 Å². The molecule has 1 fully saturated rings. The second kappa shape index (κ2) is 9.03. The fourth-order valence-corrected chi connectivity index (χ4v) is 3.23. The highest BCUT2D eigenvalue weighted by molar-refractivity contribution is 6.03. The van der Waals surface area contributed by atoms with Gasteiger partial charge in [0.05, 0.1) is 21.7 Å². The van der Waals surface area contributed by atoms with Crippen LogP contribution in [0.25, 0.3) is 0 Å². The number of anilines is 2. The molecule has 0 unspecified atom stereocenters. The van der Waals surface area contributed by atoms with Crippen LogP contribution in [-0.2, 0) is 9.53 Å². The number of hydrogen-bond acceptors (Lipinski definition) is 7. The number of hydrogen-bond donors (Lipinski definition) is 2. The summed E-state index contributed by atoms with van der Waals surface area (Å²) in [6, 6.07) is 10.2. The van der Waals surface area contributed by atoms with Gasteiger partial charge in [-0.05, 0) is 37.1 Å². The van der Waals surface area contributed by atoms with Crippen molar-refractivity contribution in [3.63, 3.8) is 0 Å². The number of nitro groups is 1. The molecule has 0 saturated carbocycles. The molecule has 1 saturated heterocycles. The van der Waals surface area contributed by atoms with Crippen LogP contribution in [0.3, 0.4) is 0 Å². The molecule has 2 amide bonds. The van der Waals surface area contributed by atoms with Crippen LogP contribution in [0.5, 0.6) is 0 Å². The Bertz CT molecular complexity index is 1000. The largest absolute Gasteiger partial charge is 0.452 e. The maximum absolute atomic E-state index is 12.3. The predicted molar refractivity (Wildman–Crippen MR) is 108 cm³/mol. The number of nitrogens with two attached hydrogens (primary N) is 1. The third-order valence-electron chi connectivity index (χ3n) is 4.66. The van der Waals surface area contributed by atoms with E-state index in [0.29, 0.717) is 5.69 Å². The standard InChI is InChI=1S/C20H20N4O6/c21-19(26)14-5-1-2-6-15(14)22-18(25)12-30-20(27)13-7-8-16(17(11-13)24(28)29)23-9-3-4-10-23/h1-2,5-8,11H,3-4,9-10,12H2,(H2,21,26)(H,22,25). The van der Waals surface area contributed by atoms with Crippen molar-refractivity contribution in [2.24, 2.45) is 5.73 Å². The number of nitrogens with zero attached hydrogens (tertiary/aromatic N) is 2. The van der Waals surface area contributed by atoms with Gasteiger partial charge in [0.15, 0.2) is 6.61 Å². The molecule has 10 heteroatoms. The molecule has 0 aromatic heterocycles. The highest BCUT2D eigenvalue weighted by Crippen LogP contribution is 2.31. The number of ether oxygens (including phenoxy) is 1. The molecule has 0 bridgehead atoms. The lowest BCUT2D eigenvalue weighted by Gasteiger charge is -2.17. The third kappa shape index (κ3) is 4.72. The van der Waals surface area contributed by atoms with Crippen LogP contribution in [0.2, 0.25) is 0 Å². The van der Waals surface area contributed by atoms with Crippen LogP contribution in [0, 0.1) is 10.1 Å². The molecule has 1 aliphatic heterocycles. The number of carbonyl (C=O) groups is 3. The zero-order valence-electron chi connectivity index (χ0n) is 16.0. The zero-order chi connectivity index (χ0) is 21.7. The maximum atomic E-state index is 12.3. The van der Waals surface area contributed by atoms with Gasteiger partial charge in [0, 0.05) is 19.2 Å². The lowest BCUT2D eigenvalue weighted by Crippen LogP contribution is -2.23. The summed E-state index contributed by atoms with van der Waals surface area (Å²) in [4.78, 5) is 48.5. The van der Waals surface area contributed by atoms with Crippen molar-refractivity contribution in [2.75, 3.05) is 29.9 Å². The molecule has 3 N–H and O–H groups in total. The van der Waals surface area contributed by atoms with Gasteiger partial charge in [0.25, 0.3) is 17.5 Å². The van der Waals surface area contributed by atoms with E-state index in [-0.39, 0.29) is 22.5 Å². The Kier molecular flexibility index (Phi) is 6.26. The first-order valence-corrected chi connectivity index (χ1v) is 9.26. The second-order valence-electron chi connectivity index (χ2n) is 6.69. The van der Waals surface area contributed by atoms with Gasteiger partial charge in [-0.25, -0.2) is 4.79 Å². The van der Waals surface area contributed by atoms with Crippen LogP contribution < -0.4 is 16.0 Å². The van der Waals surface area contributed by atoms with Crippen molar-refractivity contribution in [1.82, 2.24) is 0 Å². The predicted octanol–water partition coefficient (Wildman–Crippen LogP) is 2.09. The van der Waals surface area contributed by atoms with Gasteiger partial charge >= 0.3 is 5.97 Å². The molecular weight excluding hydrogens is 392 g/mol. The molecule has 30 heavy (non-hydrogen) atoms. The van der Waals surface area contributed by atoms with E-state index in [4.69, 9.17) is 10.5 Å². The van der Waals surface area contributed by atoms with E-state index < -0.39 is 29.3 Å². The van der Waals surface area contributed by atoms with Crippen molar-refractivity contribution in [1.29, 1.82) is 0 Å². The first-order chi connectivity index (χ1) is 14.4. The van der Waals surface area contributed by atoms with E-state index in [1.165, 1.54) is 24.3 Å². The summed E-state index contributed by atoms with van der Waals surface area (Å²) in [7, 11) is 0. The highest BCUT2D eigenvalue weighted by Gasteiger charge is 2.24. The van der Waals surface area contributed by atoms with Crippen LogP contribution >= 0.6 is 0 Å². The quantitative estimate of drug-likeness (QED) is 0.402. The fraction of sp³-hybridized carbons (Fsp3) is 0.250. The maximum Gasteiger partial charge on any atom is 0.338 e. The monoisotopic (exact) mass is 412 g/mol. The average Bonchev–Trinajstić information content (AvgIpc) is 3.26. The number of rotatable bonds is 7. The van der Waals surface area contributed by atoms with Gasteiger partial charge in [0.1, 0.15) is 5.69 Å². The van der Waals surface area contributed by atoms with Crippen molar-refractivity contribution >= 4 is 34.8 Å². The SMILES string of the molecule is NC(=O)c1ccccc1NC(=O)COC(=O)c1ccc(N2CCCC2)c([N+](=O)[O-])c1. The Labute approximate surface area is 171 Å².